The lowest BCUT2D eigenvalue weighted by Crippen LogP contribution is -2.20. The SMILES string of the molecule is CC(C)Cn1nccc1[C@H](N)CO. The largest absolute Gasteiger partial charge is 0.394 e. The van der Waals surface area contributed by atoms with Crippen LogP contribution < -0.4 is 5.73 Å². The minimum absolute atomic E-state index is 0.0379. The van der Waals surface area contributed by atoms with Crippen molar-refractivity contribution in [2.45, 2.75) is 26.4 Å². The Morgan fingerprint density at radius 3 is 2.85 bits per heavy atom. The van der Waals surface area contributed by atoms with Gasteiger partial charge in [-0.2, -0.15) is 5.10 Å². The van der Waals surface area contributed by atoms with Crippen LogP contribution in [0.3, 0.4) is 0 Å². The van der Waals surface area contributed by atoms with Crippen LogP contribution in [0.15, 0.2) is 12.3 Å². The second kappa shape index (κ2) is 4.39. The van der Waals surface area contributed by atoms with Gasteiger partial charge in [-0.25, -0.2) is 0 Å². The van der Waals surface area contributed by atoms with Gasteiger partial charge in [0.15, 0.2) is 0 Å². The molecule has 1 rings (SSSR count). The number of hydrogen-bond donors (Lipinski definition) is 2. The summed E-state index contributed by atoms with van der Waals surface area (Å²) in [5, 5.41) is 13.0. The summed E-state index contributed by atoms with van der Waals surface area (Å²) in [6, 6.07) is 1.53. The van der Waals surface area contributed by atoms with Crippen LogP contribution in [0.5, 0.6) is 0 Å². The molecule has 0 unspecified atom stereocenters. The molecule has 0 saturated heterocycles. The molecule has 74 valence electrons. The Balaban J connectivity index is 2.76. The van der Waals surface area contributed by atoms with E-state index < -0.39 is 0 Å². The first kappa shape index (κ1) is 10.2. The van der Waals surface area contributed by atoms with Crippen molar-refractivity contribution in [2.24, 2.45) is 11.7 Å². The van der Waals surface area contributed by atoms with Crippen LogP contribution in [0, 0.1) is 5.92 Å². The van der Waals surface area contributed by atoms with Crippen molar-refractivity contribution in [1.82, 2.24) is 9.78 Å². The highest BCUT2D eigenvalue weighted by atomic mass is 16.3. The molecular weight excluding hydrogens is 166 g/mol. The van der Waals surface area contributed by atoms with Crippen LogP contribution in [-0.2, 0) is 6.54 Å². The molecule has 0 amide bonds. The Hall–Kier alpha value is -0.870. The van der Waals surface area contributed by atoms with E-state index in [9.17, 15) is 0 Å². The zero-order valence-electron chi connectivity index (χ0n) is 8.14. The van der Waals surface area contributed by atoms with E-state index in [1.807, 2.05) is 10.7 Å². The summed E-state index contributed by atoms with van der Waals surface area (Å²) in [5.41, 5.74) is 6.60. The lowest BCUT2D eigenvalue weighted by atomic mass is 10.2. The lowest BCUT2D eigenvalue weighted by molar-refractivity contribution is 0.260. The summed E-state index contributed by atoms with van der Waals surface area (Å²) in [6.07, 6.45) is 1.72. The van der Waals surface area contributed by atoms with Crippen LogP contribution in [0.4, 0.5) is 0 Å². The molecule has 0 aliphatic carbocycles. The van der Waals surface area contributed by atoms with Gasteiger partial charge in [-0.15, -0.1) is 0 Å². The number of nitrogens with zero attached hydrogens (tertiary/aromatic N) is 2. The van der Waals surface area contributed by atoms with E-state index in [0.29, 0.717) is 5.92 Å². The van der Waals surface area contributed by atoms with Crippen molar-refractivity contribution < 1.29 is 5.11 Å². The smallest absolute Gasteiger partial charge is 0.0701 e. The highest BCUT2D eigenvalue weighted by molar-refractivity contribution is 5.06. The molecule has 1 heterocycles. The lowest BCUT2D eigenvalue weighted by Gasteiger charge is -2.13. The fraction of sp³-hybridized carbons (Fsp3) is 0.667. The van der Waals surface area contributed by atoms with E-state index in [1.54, 1.807) is 6.20 Å². The standard InChI is InChI=1S/C9H17N3O/c1-7(2)5-12-9(3-4-11-12)8(10)6-13/h3-4,7-8,13H,5-6,10H2,1-2H3/t8-/m1/s1. The number of rotatable bonds is 4. The normalized spacial score (nSPS) is 13.6. The van der Waals surface area contributed by atoms with Crippen LogP contribution in [0.25, 0.3) is 0 Å². The van der Waals surface area contributed by atoms with Gasteiger partial charge in [-0.05, 0) is 12.0 Å². The number of aromatic nitrogens is 2. The number of hydrogen-bond acceptors (Lipinski definition) is 3. The Morgan fingerprint density at radius 1 is 1.62 bits per heavy atom. The first-order valence-corrected chi connectivity index (χ1v) is 4.53. The summed E-state index contributed by atoms with van der Waals surface area (Å²) in [5.74, 6) is 0.532. The molecule has 0 radical (unpaired) electrons. The van der Waals surface area contributed by atoms with Crippen LogP contribution in [-0.4, -0.2) is 21.5 Å². The Bertz CT molecular complexity index is 257. The third-order valence-corrected chi connectivity index (χ3v) is 1.86. The molecule has 1 aromatic rings. The Morgan fingerprint density at radius 2 is 2.31 bits per heavy atom. The fourth-order valence-electron chi connectivity index (χ4n) is 1.25. The number of aliphatic hydroxyl groups is 1. The van der Waals surface area contributed by atoms with Gasteiger partial charge in [0.05, 0.1) is 18.3 Å². The Labute approximate surface area is 78.4 Å². The number of nitrogens with two attached hydrogens (primary N) is 1. The average Bonchev–Trinajstić information content (AvgIpc) is 2.50. The molecular formula is C9H17N3O. The molecule has 13 heavy (non-hydrogen) atoms. The molecule has 0 aromatic carbocycles. The van der Waals surface area contributed by atoms with Crippen molar-refractivity contribution in [3.05, 3.63) is 18.0 Å². The zero-order chi connectivity index (χ0) is 9.84. The fourth-order valence-corrected chi connectivity index (χ4v) is 1.25. The predicted molar refractivity (Wildman–Crippen MR) is 51.1 cm³/mol. The summed E-state index contributed by atoms with van der Waals surface area (Å²) in [4.78, 5) is 0. The van der Waals surface area contributed by atoms with Gasteiger partial charge in [0, 0.05) is 12.7 Å². The van der Waals surface area contributed by atoms with Gasteiger partial charge in [0.25, 0.3) is 0 Å². The van der Waals surface area contributed by atoms with E-state index in [-0.39, 0.29) is 12.6 Å². The van der Waals surface area contributed by atoms with E-state index in [1.165, 1.54) is 0 Å². The molecule has 0 spiro atoms. The minimum Gasteiger partial charge on any atom is -0.394 e. The van der Waals surface area contributed by atoms with Gasteiger partial charge in [0.1, 0.15) is 0 Å². The molecule has 1 atom stereocenters. The molecule has 0 aliphatic heterocycles. The highest BCUT2D eigenvalue weighted by Crippen LogP contribution is 2.10. The summed E-state index contributed by atoms with van der Waals surface area (Å²) in [7, 11) is 0. The third-order valence-electron chi connectivity index (χ3n) is 1.86. The second-order valence-corrected chi connectivity index (χ2v) is 3.62. The van der Waals surface area contributed by atoms with E-state index in [0.717, 1.165) is 12.2 Å². The van der Waals surface area contributed by atoms with Crippen molar-refractivity contribution in [3.63, 3.8) is 0 Å². The zero-order valence-corrected chi connectivity index (χ0v) is 8.14. The molecule has 0 bridgehead atoms. The van der Waals surface area contributed by atoms with Gasteiger partial charge in [-0.1, -0.05) is 13.8 Å². The van der Waals surface area contributed by atoms with Crippen molar-refractivity contribution in [3.8, 4) is 0 Å². The molecule has 4 nitrogen and oxygen atoms in total. The van der Waals surface area contributed by atoms with Crippen LogP contribution >= 0.6 is 0 Å². The maximum absolute atomic E-state index is 8.90. The minimum atomic E-state index is -0.318. The molecule has 0 aliphatic rings. The quantitative estimate of drug-likeness (QED) is 0.715. The average molecular weight is 183 g/mol. The monoisotopic (exact) mass is 183 g/mol. The van der Waals surface area contributed by atoms with Gasteiger partial charge < -0.3 is 10.8 Å². The summed E-state index contributed by atoms with van der Waals surface area (Å²) >= 11 is 0. The molecule has 0 saturated carbocycles. The van der Waals surface area contributed by atoms with E-state index >= 15 is 0 Å². The predicted octanol–water partition coefficient (Wildman–Crippen LogP) is 0.531. The molecule has 0 fully saturated rings. The Kier molecular flexibility index (Phi) is 3.45. The highest BCUT2D eigenvalue weighted by Gasteiger charge is 2.10. The topological polar surface area (TPSA) is 64.1 Å². The maximum atomic E-state index is 8.90. The van der Waals surface area contributed by atoms with E-state index in [2.05, 4.69) is 18.9 Å². The van der Waals surface area contributed by atoms with E-state index in [4.69, 9.17) is 10.8 Å². The van der Waals surface area contributed by atoms with Crippen LogP contribution in [0.2, 0.25) is 0 Å². The number of aliphatic hydroxyl groups excluding tert-OH is 1. The van der Waals surface area contributed by atoms with Gasteiger partial charge >= 0.3 is 0 Å². The van der Waals surface area contributed by atoms with Crippen molar-refractivity contribution >= 4 is 0 Å². The van der Waals surface area contributed by atoms with Gasteiger partial charge in [0.2, 0.25) is 0 Å². The molecule has 4 heteroatoms. The van der Waals surface area contributed by atoms with Crippen molar-refractivity contribution in [1.29, 1.82) is 0 Å². The third kappa shape index (κ3) is 2.54. The molecule has 1 aromatic heterocycles. The first-order valence-electron chi connectivity index (χ1n) is 4.53. The molecule has 3 N–H and O–H groups in total. The maximum Gasteiger partial charge on any atom is 0.0701 e. The summed E-state index contributed by atoms with van der Waals surface area (Å²) < 4.78 is 1.85. The summed E-state index contributed by atoms with van der Waals surface area (Å²) in [6.45, 7) is 5.05. The first-order chi connectivity index (χ1) is 6.15. The van der Waals surface area contributed by atoms with Crippen molar-refractivity contribution in [2.75, 3.05) is 6.61 Å². The van der Waals surface area contributed by atoms with Crippen LogP contribution in [0.1, 0.15) is 25.6 Å². The van der Waals surface area contributed by atoms with Gasteiger partial charge in [-0.3, -0.25) is 4.68 Å². The second-order valence-electron chi connectivity index (χ2n) is 3.62.